The molecule has 0 atom stereocenters. The summed E-state index contributed by atoms with van der Waals surface area (Å²) in [6.07, 6.45) is 6.65. The number of anilines is 1. The second-order valence-corrected chi connectivity index (χ2v) is 5.56. The highest BCUT2D eigenvalue weighted by atomic mass is 32.9. The molecule has 0 aromatic heterocycles. The van der Waals surface area contributed by atoms with E-state index in [4.69, 9.17) is 6.42 Å². The van der Waals surface area contributed by atoms with Gasteiger partial charge in [0.25, 0.3) is 5.56 Å². The van der Waals surface area contributed by atoms with Gasteiger partial charge in [-0.1, -0.05) is 20.7 Å². The van der Waals surface area contributed by atoms with Crippen LogP contribution in [0.25, 0.3) is 10.6 Å². The third-order valence-electron chi connectivity index (χ3n) is 2.23. The van der Waals surface area contributed by atoms with Crippen molar-refractivity contribution in [3.05, 3.63) is 15.7 Å². The molecule has 0 spiro atoms. The van der Waals surface area contributed by atoms with E-state index in [9.17, 15) is 9.59 Å². The third kappa shape index (κ3) is 2.57. The lowest BCUT2D eigenvalue weighted by atomic mass is 10.2. The van der Waals surface area contributed by atoms with Crippen LogP contribution >= 0.6 is 20.7 Å². The van der Waals surface area contributed by atoms with E-state index in [0.717, 1.165) is 10.6 Å². The summed E-state index contributed by atoms with van der Waals surface area (Å²) in [5, 5.41) is 4.50. The Morgan fingerprint density at radius 3 is 3.18 bits per heavy atom. The summed E-state index contributed by atoms with van der Waals surface area (Å²) in [4.78, 5) is 26.7. The predicted octanol–water partition coefficient (Wildman–Crippen LogP) is 2.34. The Labute approximate surface area is 105 Å². The Bertz CT molecular complexity index is 587. The molecule has 0 saturated heterocycles. The Hall–Kier alpha value is -1.58. The fourth-order valence-electron chi connectivity index (χ4n) is 1.44. The lowest BCUT2D eigenvalue weighted by Gasteiger charge is -2.01. The molecule has 2 aliphatic heterocycles. The number of fused-ring (bicyclic) bond motifs is 1. The van der Waals surface area contributed by atoms with E-state index in [1.165, 1.54) is 20.7 Å². The monoisotopic (exact) mass is 266 g/mol. The van der Waals surface area contributed by atoms with Crippen molar-refractivity contribution in [2.45, 2.75) is 19.3 Å². The number of amides is 1. The lowest BCUT2D eigenvalue weighted by molar-refractivity contribution is -0.116. The van der Waals surface area contributed by atoms with Gasteiger partial charge in [0, 0.05) is 18.2 Å². The Morgan fingerprint density at radius 1 is 1.59 bits per heavy atom. The van der Waals surface area contributed by atoms with Crippen molar-refractivity contribution in [2.75, 3.05) is 5.32 Å². The van der Waals surface area contributed by atoms with E-state index in [0.29, 0.717) is 24.9 Å². The van der Waals surface area contributed by atoms with Crippen LogP contribution in [-0.2, 0) is 4.79 Å². The van der Waals surface area contributed by atoms with Crippen LogP contribution in [0.1, 0.15) is 19.3 Å². The molecular weight excluding hydrogens is 256 g/mol. The number of hydrogen-bond donors (Lipinski definition) is 2. The van der Waals surface area contributed by atoms with Crippen molar-refractivity contribution in [2.24, 2.45) is 0 Å². The SMILES string of the molecule is C#CCCCC(=O)Nc1c2sscc-2[nH]c1=O. The fourth-order valence-corrected chi connectivity index (χ4v) is 3.60. The normalized spacial score (nSPS) is 10.3. The number of hydrogen-bond acceptors (Lipinski definition) is 4. The van der Waals surface area contributed by atoms with Crippen molar-refractivity contribution in [1.29, 1.82) is 0 Å². The molecule has 0 aromatic rings. The zero-order valence-corrected chi connectivity index (χ0v) is 10.5. The van der Waals surface area contributed by atoms with Crippen LogP contribution in [0.3, 0.4) is 0 Å². The highest BCUT2D eigenvalue weighted by molar-refractivity contribution is 7.70. The van der Waals surface area contributed by atoms with Crippen LogP contribution < -0.4 is 10.9 Å². The minimum atomic E-state index is -0.246. The summed E-state index contributed by atoms with van der Waals surface area (Å²) in [6.45, 7) is 0. The number of terminal acetylenes is 1. The van der Waals surface area contributed by atoms with E-state index in [1.54, 1.807) is 0 Å². The summed E-state index contributed by atoms with van der Waals surface area (Å²) >= 11 is 0. The van der Waals surface area contributed by atoms with Gasteiger partial charge in [0.15, 0.2) is 0 Å². The van der Waals surface area contributed by atoms with Crippen LogP contribution in [0.4, 0.5) is 5.69 Å². The molecule has 2 rings (SSSR count). The second kappa shape index (κ2) is 5.17. The van der Waals surface area contributed by atoms with E-state index in [-0.39, 0.29) is 11.5 Å². The minimum Gasteiger partial charge on any atom is -0.320 e. The van der Waals surface area contributed by atoms with Gasteiger partial charge in [-0.15, -0.1) is 12.3 Å². The summed E-state index contributed by atoms with van der Waals surface area (Å²) in [6, 6.07) is 0. The number of unbranched alkanes of at least 4 members (excludes halogenated alkanes) is 1. The smallest absolute Gasteiger partial charge is 0.273 e. The molecule has 88 valence electrons. The van der Waals surface area contributed by atoms with Crippen LogP contribution in [0.2, 0.25) is 0 Å². The number of rotatable bonds is 4. The summed E-state index contributed by atoms with van der Waals surface area (Å²) in [5.41, 5.74) is 0.894. The van der Waals surface area contributed by atoms with Gasteiger partial charge in [-0.3, -0.25) is 9.59 Å². The molecule has 0 aliphatic carbocycles. The first-order chi connectivity index (χ1) is 8.22. The molecule has 0 radical (unpaired) electrons. The van der Waals surface area contributed by atoms with E-state index < -0.39 is 0 Å². The highest BCUT2D eigenvalue weighted by Gasteiger charge is 2.18. The maximum Gasteiger partial charge on any atom is 0.273 e. The van der Waals surface area contributed by atoms with Gasteiger partial charge >= 0.3 is 0 Å². The average molecular weight is 266 g/mol. The molecule has 2 aliphatic rings. The number of H-pyrrole nitrogens is 1. The first-order valence-electron chi connectivity index (χ1n) is 5.05. The number of aromatic amines is 1. The molecular formula is C11H10N2O2S2. The standard InChI is InChI=1S/C11H10N2O2S2/c1-2-3-4-5-8(14)13-9-10-7(6-16-17-10)12-11(9)15/h1,6H,3-5H2,(H,12,15)(H,13,14). The first-order valence-corrected chi connectivity index (χ1v) is 7.26. The van der Waals surface area contributed by atoms with E-state index >= 15 is 0 Å². The quantitative estimate of drug-likeness (QED) is 0.507. The molecule has 0 aromatic carbocycles. The van der Waals surface area contributed by atoms with Crippen molar-refractivity contribution in [1.82, 2.24) is 4.98 Å². The lowest BCUT2D eigenvalue weighted by Crippen LogP contribution is -2.16. The van der Waals surface area contributed by atoms with Gasteiger partial charge in [-0.2, -0.15) is 0 Å². The molecule has 4 nitrogen and oxygen atoms in total. The first kappa shape index (κ1) is 11.9. The topological polar surface area (TPSA) is 62.0 Å². The van der Waals surface area contributed by atoms with Gasteiger partial charge in [0.1, 0.15) is 5.69 Å². The van der Waals surface area contributed by atoms with Crippen molar-refractivity contribution in [3.8, 4) is 22.9 Å². The van der Waals surface area contributed by atoms with Gasteiger partial charge < -0.3 is 10.3 Å². The molecule has 17 heavy (non-hydrogen) atoms. The number of carbonyl (C=O) groups excluding carboxylic acids is 1. The Morgan fingerprint density at radius 2 is 2.41 bits per heavy atom. The fraction of sp³-hybridized carbons (Fsp3) is 0.273. The maximum absolute atomic E-state index is 11.6. The van der Waals surface area contributed by atoms with Gasteiger partial charge in [0.2, 0.25) is 5.91 Å². The highest BCUT2D eigenvalue weighted by Crippen LogP contribution is 2.35. The zero-order chi connectivity index (χ0) is 12.3. The summed E-state index contributed by atoms with van der Waals surface area (Å²) in [5.74, 6) is 2.30. The molecule has 0 bridgehead atoms. The minimum absolute atomic E-state index is 0.170. The maximum atomic E-state index is 11.6. The molecule has 1 amide bonds. The van der Waals surface area contributed by atoms with Gasteiger partial charge in [0.05, 0.1) is 10.6 Å². The summed E-state index contributed by atoms with van der Waals surface area (Å²) in [7, 11) is 2.99. The number of nitrogens with one attached hydrogen (secondary N) is 2. The molecule has 0 saturated carbocycles. The van der Waals surface area contributed by atoms with E-state index in [1.807, 2.05) is 5.38 Å². The van der Waals surface area contributed by atoms with E-state index in [2.05, 4.69) is 16.2 Å². The zero-order valence-electron chi connectivity index (χ0n) is 8.91. The molecule has 2 heterocycles. The van der Waals surface area contributed by atoms with Crippen molar-refractivity contribution >= 4 is 32.3 Å². The Balaban J connectivity index is 2.06. The summed E-state index contributed by atoms with van der Waals surface area (Å²) < 4.78 is 0. The van der Waals surface area contributed by atoms with Crippen LogP contribution in [0.15, 0.2) is 10.2 Å². The van der Waals surface area contributed by atoms with Gasteiger partial charge in [-0.05, 0) is 6.42 Å². The molecule has 2 N–H and O–H groups in total. The number of carbonyl (C=O) groups is 1. The largest absolute Gasteiger partial charge is 0.320 e. The van der Waals surface area contributed by atoms with Crippen molar-refractivity contribution < 1.29 is 4.79 Å². The van der Waals surface area contributed by atoms with Crippen LogP contribution in [-0.4, -0.2) is 10.9 Å². The van der Waals surface area contributed by atoms with Crippen molar-refractivity contribution in [3.63, 3.8) is 0 Å². The average Bonchev–Trinajstić information content (AvgIpc) is 2.83. The number of aromatic nitrogens is 1. The third-order valence-corrected chi connectivity index (χ3v) is 4.33. The molecule has 0 fully saturated rings. The Kier molecular flexibility index (Phi) is 3.61. The molecule has 0 unspecified atom stereocenters. The predicted molar refractivity (Wildman–Crippen MR) is 70.8 cm³/mol. The second-order valence-electron chi connectivity index (χ2n) is 3.48. The van der Waals surface area contributed by atoms with Crippen LogP contribution in [0, 0.1) is 12.3 Å². The molecule has 6 heteroatoms. The van der Waals surface area contributed by atoms with Crippen LogP contribution in [0.5, 0.6) is 0 Å². The van der Waals surface area contributed by atoms with Gasteiger partial charge in [-0.25, -0.2) is 0 Å².